The average Bonchev–Trinajstić information content (AvgIpc) is 3.46. The summed E-state index contributed by atoms with van der Waals surface area (Å²) in [4.78, 5) is 17.4. The van der Waals surface area contributed by atoms with E-state index in [0.717, 1.165) is 17.6 Å². The summed E-state index contributed by atoms with van der Waals surface area (Å²) in [5, 5.41) is 0. The monoisotopic (exact) mass is 466 g/mol. The fraction of sp³-hybridized carbons (Fsp3) is 0.250. The lowest BCUT2D eigenvalue weighted by atomic mass is 10.2. The highest BCUT2D eigenvalue weighted by atomic mass is 32.2. The Labute approximate surface area is 193 Å². The van der Waals surface area contributed by atoms with E-state index >= 15 is 0 Å². The molecule has 0 fully saturated rings. The van der Waals surface area contributed by atoms with Gasteiger partial charge in [0.25, 0.3) is 0 Å². The predicted molar refractivity (Wildman–Crippen MR) is 126 cm³/mol. The number of hydrogen-bond donors (Lipinski definition) is 0. The zero-order valence-electron chi connectivity index (χ0n) is 18.8. The number of aromatic nitrogens is 3. The SMILES string of the molecule is CCCn1c(COC(=O)c2ccc(-n3cccc3)cc2)nc2cc(S(=O)(=O)N(C)C)ccc21. The molecule has 2 aromatic heterocycles. The molecule has 172 valence electrons. The molecule has 0 spiro atoms. The van der Waals surface area contributed by atoms with Crippen molar-refractivity contribution in [3.63, 3.8) is 0 Å². The molecule has 0 aliphatic heterocycles. The van der Waals surface area contributed by atoms with E-state index in [1.54, 1.807) is 30.3 Å². The van der Waals surface area contributed by atoms with Crippen molar-refractivity contribution in [2.75, 3.05) is 14.1 Å². The van der Waals surface area contributed by atoms with E-state index in [4.69, 9.17) is 4.74 Å². The van der Waals surface area contributed by atoms with Gasteiger partial charge in [0, 0.05) is 38.7 Å². The summed E-state index contributed by atoms with van der Waals surface area (Å²) in [6.07, 6.45) is 4.71. The maximum absolute atomic E-state index is 12.6. The Morgan fingerprint density at radius 1 is 1.06 bits per heavy atom. The van der Waals surface area contributed by atoms with Crippen LogP contribution in [0.2, 0.25) is 0 Å². The highest BCUT2D eigenvalue weighted by molar-refractivity contribution is 7.89. The zero-order valence-corrected chi connectivity index (χ0v) is 19.6. The summed E-state index contributed by atoms with van der Waals surface area (Å²) in [6, 6.07) is 15.9. The van der Waals surface area contributed by atoms with Gasteiger partial charge in [-0.05, 0) is 61.0 Å². The van der Waals surface area contributed by atoms with Crippen LogP contribution in [0.4, 0.5) is 0 Å². The Kier molecular flexibility index (Phi) is 6.35. The van der Waals surface area contributed by atoms with Crippen LogP contribution in [0.5, 0.6) is 0 Å². The smallest absolute Gasteiger partial charge is 0.338 e. The fourth-order valence-corrected chi connectivity index (χ4v) is 4.53. The molecular formula is C24H26N4O4S. The summed E-state index contributed by atoms with van der Waals surface area (Å²) in [5.41, 5.74) is 2.75. The minimum atomic E-state index is -3.57. The minimum Gasteiger partial charge on any atom is -0.454 e. The van der Waals surface area contributed by atoms with E-state index in [2.05, 4.69) is 4.98 Å². The molecule has 2 heterocycles. The first-order valence-corrected chi connectivity index (χ1v) is 12.1. The van der Waals surface area contributed by atoms with E-state index < -0.39 is 16.0 Å². The van der Waals surface area contributed by atoms with Crippen molar-refractivity contribution in [2.24, 2.45) is 0 Å². The summed E-state index contributed by atoms with van der Waals surface area (Å²) >= 11 is 0. The van der Waals surface area contributed by atoms with Crippen molar-refractivity contribution in [1.29, 1.82) is 0 Å². The molecule has 0 saturated carbocycles. The Morgan fingerprint density at radius 3 is 2.39 bits per heavy atom. The lowest BCUT2D eigenvalue weighted by Gasteiger charge is -2.11. The van der Waals surface area contributed by atoms with Crippen molar-refractivity contribution in [3.05, 3.63) is 78.4 Å². The van der Waals surface area contributed by atoms with Gasteiger partial charge < -0.3 is 13.9 Å². The number of fused-ring (bicyclic) bond motifs is 1. The van der Waals surface area contributed by atoms with E-state index in [1.807, 2.05) is 52.7 Å². The quantitative estimate of drug-likeness (QED) is 0.368. The minimum absolute atomic E-state index is 0.0113. The van der Waals surface area contributed by atoms with Crippen molar-refractivity contribution in [1.82, 2.24) is 18.4 Å². The van der Waals surface area contributed by atoms with Crippen molar-refractivity contribution < 1.29 is 17.9 Å². The zero-order chi connectivity index (χ0) is 23.6. The summed E-state index contributed by atoms with van der Waals surface area (Å²) in [6.45, 7) is 2.70. The number of nitrogens with zero attached hydrogens (tertiary/aromatic N) is 4. The van der Waals surface area contributed by atoms with Gasteiger partial charge in [0.15, 0.2) is 0 Å². The van der Waals surface area contributed by atoms with Gasteiger partial charge in [-0.25, -0.2) is 22.5 Å². The fourth-order valence-electron chi connectivity index (χ4n) is 3.60. The van der Waals surface area contributed by atoms with E-state index in [0.29, 0.717) is 23.4 Å². The third kappa shape index (κ3) is 4.55. The van der Waals surface area contributed by atoms with Crippen LogP contribution in [0.15, 0.2) is 71.9 Å². The summed E-state index contributed by atoms with van der Waals surface area (Å²) in [5.74, 6) is 0.128. The molecule has 0 amide bonds. The number of aryl methyl sites for hydroxylation is 1. The van der Waals surface area contributed by atoms with Gasteiger partial charge >= 0.3 is 5.97 Å². The van der Waals surface area contributed by atoms with Crippen LogP contribution in [0, 0.1) is 0 Å². The van der Waals surface area contributed by atoms with E-state index in [-0.39, 0.29) is 11.5 Å². The highest BCUT2D eigenvalue weighted by Crippen LogP contribution is 2.23. The molecule has 0 saturated heterocycles. The lowest BCUT2D eigenvalue weighted by Crippen LogP contribution is -2.22. The van der Waals surface area contributed by atoms with Gasteiger partial charge in [-0.2, -0.15) is 0 Å². The molecule has 0 atom stereocenters. The largest absolute Gasteiger partial charge is 0.454 e. The van der Waals surface area contributed by atoms with Gasteiger partial charge in [0.05, 0.1) is 21.5 Å². The van der Waals surface area contributed by atoms with Crippen molar-refractivity contribution >= 4 is 27.0 Å². The maximum Gasteiger partial charge on any atom is 0.338 e. The van der Waals surface area contributed by atoms with Crippen LogP contribution in [0.3, 0.4) is 0 Å². The van der Waals surface area contributed by atoms with Gasteiger partial charge in [-0.15, -0.1) is 0 Å². The molecule has 4 rings (SSSR count). The Balaban J connectivity index is 1.56. The molecule has 33 heavy (non-hydrogen) atoms. The molecule has 0 N–H and O–H groups in total. The molecule has 2 aromatic carbocycles. The Hall–Kier alpha value is -3.43. The number of sulfonamides is 1. The molecule has 0 radical (unpaired) electrons. The molecule has 9 heteroatoms. The number of esters is 1. The number of carbonyl (C=O) groups is 1. The van der Waals surface area contributed by atoms with Crippen LogP contribution in [-0.2, 0) is 27.9 Å². The first-order chi connectivity index (χ1) is 15.8. The van der Waals surface area contributed by atoms with Crippen molar-refractivity contribution in [2.45, 2.75) is 31.4 Å². The number of benzene rings is 2. The van der Waals surface area contributed by atoms with E-state index in [9.17, 15) is 13.2 Å². The van der Waals surface area contributed by atoms with Crippen molar-refractivity contribution in [3.8, 4) is 5.69 Å². The number of carbonyl (C=O) groups excluding carboxylic acids is 1. The third-order valence-electron chi connectivity index (χ3n) is 5.36. The van der Waals surface area contributed by atoms with Gasteiger partial charge in [-0.1, -0.05) is 6.92 Å². The molecule has 0 bridgehead atoms. The van der Waals surface area contributed by atoms with Crippen LogP contribution in [-0.4, -0.2) is 46.9 Å². The number of imidazole rings is 1. The molecule has 0 aliphatic rings. The van der Waals surface area contributed by atoms with Crippen LogP contribution < -0.4 is 0 Å². The molecule has 0 unspecified atom stereocenters. The van der Waals surface area contributed by atoms with Crippen LogP contribution in [0.1, 0.15) is 29.5 Å². The molecular weight excluding hydrogens is 440 g/mol. The second kappa shape index (κ2) is 9.21. The highest BCUT2D eigenvalue weighted by Gasteiger charge is 2.20. The second-order valence-electron chi connectivity index (χ2n) is 7.83. The summed E-state index contributed by atoms with van der Waals surface area (Å²) < 4.78 is 35.6. The predicted octanol–water partition coefficient (Wildman–Crippen LogP) is 3.84. The number of ether oxygens (including phenoxy) is 1. The third-order valence-corrected chi connectivity index (χ3v) is 7.17. The van der Waals surface area contributed by atoms with Crippen LogP contribution >= 0.6 is 0 Å². The normalized spacial score (nSPS) is 11.9. The number of rotatable bonds is 8. The molecule has 4 aromatic rings. The maximum atomic E-state index is 12.6. The lowest BCUT2D eigenvalue weighted by molar-refractivity contribution is 0.0458. The van der Waals surface area contributed by atoms with E-state index in [1.165, 1.54) is 18.4 Å². The first-order valence-electron chi connectivity index (χ1n) is 10.6. The molecule has 0 aliphatic carbocycles. The Morgan fingerprint density at radius 2 is 1.76 bits per heavy atom. The van der Waals surface area contributed by atoms with Crippen LogP contribution in [0.25, 0.3) is 16.7 Å². The first kappa shape index (κ1) is 22.8. The van der Waals surface area contributed by atoms with Gasteiger partial charge in [-0.3, -0.25) is 0 Å². The topological polar surface area (TPSA) is 86.4 Å². The van der Waals surface area contributed by atoms with Gasteiger partial charge in [0.2, 0.25) is 10.0 Å². The second-order valence-corrected chi connectivity index (χ2v) is 9.98. The number of hydrogen-bond acceptors (Lipinski definition) is 5. The standard InChI is InChI=1S/C24H26N4O4S/c1-4-13-28-22-12-11-20(33(30,31)26(2)3)16-21(22)25-23(28)17-32-24(29)18-7-9-19(10-8-18)27-14-5-6-15-27/h5-12,14-16H,4,13,17H2,1-3H3. The Bertz CT molecular complexity index is 1370. The molecule has 8 nitrogen and oxygen atoms in total. The summed E-state index contributed by atoms with van der Waals surface area (Å²) in [7, 11) is -0.586. The average molecular weight is 467 g/mol. The van der Waals surface area contributed by atoms with Gasteiger partial charge in [0.1, 0.15) is 12.4 Å².